The highest BCUT2D eigenvalue weighted by Gasteiger charge is 2.29. The van der Waals surface area contributed by atoms with E-state index in [9.17, 15) is 9.59 Å². The fraction of sp³-hybridized carbons (Fsp3) is 0.348. The summed E-state index contributed by atoms with van der Waals surface area (Å²) in [4.78, 5) is 27.3. The molecule has 0 aliphatic carbocycles. The Bertz CT molecular complexity index is 1010. The number of aromatic amines is 1. The molecule has 29 heavy (non-hydrogen) atoms. The molecule has 1 aromatic heterocycles. The van der Waals surface area contributed by atoms with Gasteiger partial charge in [0.2, 0.25) is 5.91 Å². The molecule has 1 aliphatic heterocycles. The lowest BCUT2D eigenvalue weighted by Gasteiger charge is -2.31. The van der Waals surface area contributed by atoms with E-state index in [2.05, 4.69) is 41.5 Å². The topological polar surface area (TPSA) is 78.1 Å². The molecule has 0 radical (unpaired) electrons. The van der Waals surface area contributed by atoms with E-state index in [1.54, 1.807) is 4.90 Å². The van der Waals surface area contributed by atoms with Gasteiger partial charge in [-0.3, -0.25) is 14.7 Å². The average molecular weight is 390 g/mol. The molecule has 4 rings (SSSR count). The monoisotopic (exact) mass is 390 g/mol. The first-order valence-electron chi connectivity index (χ1n) is 10.2. The van der Waals surface area contributed by atoms with E-state index in [1.807, 2.05) is 36.4 Å². The Morgan fingerprint density at radius 3 is 2.45 bits per heavy atom. The SMILES string of the molecule is CC(C)c1ccc(NC(=O)C2CCN(C(=O)c3n[nH]c4ccccc34)CC2)cc1. The Balaban J connectivity index is 1.35. The number of aromatic nitrogens is 2. The zero-order valence-corrected chi connectivity index (χ0v) is 16.8. The molecule has 1 aliphatic rings. The highest BCUT2D eigenvalue weighted by molar-refractivity contribution is 6.04. The van der Waals surface area contributed by atoms with E-state index in [1.165, 1.54) is 5.56 Å². The first-order chi connectivity index (χ1) is 14.0. The molecule has 0 saturated carbocycles. The van der Waals surface area contributed by atoms with Gasteiger partial charge in [-0.05, 0) is 42.5 Å². The zero-order valence-electron chi connectivity index (χ0n) is 16.8. The van der Waals surface area contributed by atoms with Crippen LogP contribution in [0.25, 0.3) is 10.9 Å². The Labute approximate surface area is 170 Å². The fourth-order valence-electron chi connectivity index (χ4n) is 3.82. The molecule has 3 aromatic rings. The number of likely N-dealkylation sites (tertiary alicyclic amines) is 1. The highest BCUT2D eigenvalue weighted by Crippen LogP contribution is 2.24. The van der Waals surface area contributed by atoms with Crippen molar-refractivity contribution in [3.05, 3.63) is 59.8 Å². The fourth-order valence-corrected chi connectivity index (χ4v) is 3.82. The number of H-pyrrole nitrogens is 1. The number of para-hydroxylation sites is 1. The zero-order chi connectivity index (χ0) is 20.4. The van der Waals surface area contributed by atoms with Gasteiger partial charge in [0.1, 0.15) is 0 Å². The number of amides is 2. The molecule has 0 spiro atoms. The molecule has 2 N–H and O–H groups in total. The van der Waals surface area contributed by atoms with Gasteiger partial charge < -0.3 is 10.2 Å². The van der Waals surface area contributed by atoms with Crippen molar-refractivity contribution in [2.75, 3.05) is 18.4 Å². The molecule has 150 valence electrons. The highest BCUT2D eigenvalue weighted by atomic mass is 16.2. The van der Waals surface area contributed by atoms with E-state index in [0.717, 1.165) is 16.6 Å². The summed E-state index contributed by atoms with van der Waals surface area (Å²) in [7, 11) is 0. The van der Waals surface area contributed by atoms with Crippen LogP contribution < -0.4 is 5.32 Å². The van der Waals surface area contributed by atoms with Gasteiger partial charge in [-0.1, -0.05) is 44.2 Å². The predicted octanol–water partition coefficient (Wildman–Crippen LogP) is 4.18. The second-order valence-electron chi connectivity index (χ2n) is 7.95. The maximum absolute atomic E-state index is 12.9. The number of nitrogens with zero attached hydrogens (tertiary/aromatic N) is 2. The van der Waals surface area contributed by atoms with E-state index in [4.69, 9.17) is 0 Å². The Kier molecular flexibility index (Phi) is 5.34. The molecule has 6 nitrogen and oxygen atoms in total. The van der Waals surface area contributed by atoms with Crippen molar-refractivity contribution in [1.82, 2.24) is 15.1 Å². The van der Waals surface area contributed by atoms with Crippen molar-refractivity contribution < 1.29 is 9.59 Å². The van der Waals surface area contributed by atoms with Crippen molar-refractivity contribution in [1.29, 1.82) is 0 Å². The first kappa shape index (κ1) is 19.2. The molecular weight excluding hydrogens is 364 g/mol. The van der Waals surface area contributed by atoms with Gasteiger partial charge >= 0.3 is 0 Å². The van der Waals surface area contributed by atoms with Crippen LogP contribution in [0.1, 0.15) is 48.7 Å². The number of carbonyl (C=O) groups excluding carboxylic acids is 2. The second kappa shape index (κ2) is 8.07. The van der Waals surface area contributed by atoms with Crippen molar-refractivity contribution in [3.8, 4) is 0 Å². The van der Waals surface area contributed by atoms with Crippen LogP contribution in [0.5, 0.6) is 0 Å². The third-order valence-electron chi connectivity index (χ3n) is 5.67. The number of rotatable bonds is 4. The minimum absolute atomic E-state index is 0.0274. The minimum Gasteiger partial charge on any atom is -0.337 e. The average Bonchev–Trinajstić information content (AvgIpc) is 3.18. The van der Waals surface area contributed by atoms with Gasteiger partial charge in [0.15, 0.2) is 5.69 Å². The third kappa shape index (κ3) is 4.01. The first-order valence-corrected chi connectivity index (χ1v) is 10.2. The summed E-state index contributed by atoms with van der Waals surface area (Å²) in [6.45, 7) is 5.41. The summed E-state index contributed by atoms with van der Waals surface area (Å²) in [6.07, 6.45) is 1.31. The number of hydrogen-bond donors (Lipinski definition) is 2. The molecule has 1 fully saturated rings. The van der Waals surface area contributed by atoms with Crippen molar-refractivity contribution in [2.45, 2.75) is 32.6 Å². The summed E-state index contributed by atoms with van der Waals surface area (Å²) in [6, 6.07) is 15.6. The van der Waals surface area contributed by atoms with Crippen LogP contribution in [-0.2, 0) is 4.79 Å². The quantitative estimate of drug-likeness (QED) is 0.702. The molecule has 0 unspecified atom stereocenters. The molecule has 2 aromatic carbocycles. The smallest absolute Gasteiger partial charge is 0.274 e. The van der Waals surface area contributed by atoms with E-state index in [0.29, 0.717) is 37.5 Å². The Hall–Kier alpha value is -3.15. The van der Waals surface area contributed by atoms with Crippen molar-refractivity contribution in [3.63, 3.8) is 0 Å². The van der Waals surface area contributed by atoms with Gasteiger partial charge in [-0.2, -0.15) is 5.10 Å². The molecule has 1 saturated heterocycles. The number of nitrogens with one attached hydrogen (secondary N) is 2. The summed E-state index contributed by atoms with van der Waals surface area (Å²) in [5.74, 6) is 0.332. The van der Waals surface area contributed by atoms with Gasteiger partial charge in [0, 0.05) is 30.1 Å². The van der Waals surface area contributed by atoms with E-state index in [-0.39, 0.29) is 17.7 Å². The Morgan fingerprint density at radius 1 is 1.07 bits per heavy atom. The van der Waals surface area contributed by atoms with Gasteiger partial charge in [-0.25, -0.2) is 0 Å². The van der Waals surface area contributed by atoms with Crippen molar-refractivity contribution in [2.24, 2.45) is 5.92 Å². The molecule has 0 bridgehead atoms. The van der Waals surface area contributed by atoms with Crippen LogP contribution in [0, 0.1) is 5.92 Å². The van der Waals surface area contributed by atoms with Gasteiger partial charge in [0.25, 0.3) is 5.91 Å². The van der Waals surface area contributed by atoms with Gasteiger partial charge in [-0.15, -0.1) is 0 Å². The summed E-state index contributed by atoms with van der Waals surface area (Å²) < 4.78 is 0. The van der Waals surface area contributed by atoms with Crippen LogP contribution in [0.15, 0.2) is 48.5 Å². The van der Waals surface area contributed by atoms with Crippen LogP contribution >= 0.6 is 0 Å². The maximum Gasteiger partial charge on any atom is 0.274 e. The van der Waals surface area contributed by atoms with Crippen LogP contribution in [0.3, 0.4) is 0 Å². The summed E-state index contributed by atoms with van der Waals surface area (Å²) in [5.41, 5.74) is 3.38. The van der Waals surface area contributed by atoms with Crippen LogP contribution in [0.4, 0.5) is 5.69 Å². The van der Waals surface area contributed by atoms with Crippen LogP contribution in [0.2, 0.25) is 0 Å². The molecule has 0 atom stereocenters. The predicted molar refractivity (Wildman–Crippen MR) is 114 cm³/mol. The molecular formula is C23H26N4O2. The molecule has 2 heterocycles. The lowest BCUT2D eigenvalue weighted by atomic mass is 9.95. The minimum atomic E-state index is -0.0836. The lowest BCUT2D eigenvalue weighted by Crippen LogP contribution is -2.41. The summed E-state index contributed by atoms with van der Waals surface area (Å²) >= 11 is 0. The molecule has 6 heteroatoms. The third-order valence-corrected chi connectivity index (χ3v) is 5.67. The number of hydrogen-bond acceptors (Lipinski definition) is 3. The number of anilines is 1. The van der Waals surface area contributed by atoms with Crippen molar-refractivity contribution >= 4 is 28.4 Å². The number of carbonyl (C=O) groups is 2. The number of benzene rings is 2. The number of fused-ring (bicyclic) bond motifs is 1. The van der Waals surface area contributed by atoms with Gasteiger partial charge in [0.05, 0.1) is 5.52 Å². The van der Waals surface area contributed by atoms with E-state index >= 15 is 0 Å². The number of piperidine rings is 1. The van der Waals surface area contributed by atoms with Crippen LogP contribution in [-0.4, -0.2) is 40.0 Å². The van der Waals surface area contributed by atoms with E-state index < -0.39 is 0 Å². The molecule has 2 amide bonds. The normalized spacial score (nSPS) is 15.1. The maximum atomic E-state index is 12.9. The largest absolute Gasteiger partial charge is 0.337 e. The standard InChI is InChI=1S/C23H26N4O2/c1-15(2)16-7-9-18(10-8-16)24-22(28)17-11-13-27(14-12-17)23(29)21-19-5-3-4-6-20(19)25-26-21/h3-10,15,17H,11-14H2,1-2H3,(H,24,28)(H,25,26). The lowest BCUT2D eigenvalue weighted by molar-refractivity contribution is -0.121. The Morgan fingerprint density at radius 2 is 1.76 bits per heavy atom. The summed E-state index contributed by atoms with van der Waals surface area (Å²) in [5, 5.41) is 11.0. The second-order valence-corrected chi connectivity index (χ2v) is 7.95.